The quantitative estimate of drug-likeness (QED) is 0.858. The third-order valence-electron chi connectivity index (χ3n) is 5.27. The monoisotopic (exact) mass is 316 g/mol. The molecule has 0 bridgehead atoms. The molecule has 2 N–H and O–H groups in total. The molecular formula is C17H33ClN2O. The zero-order valence-electron chi connectivity index (χ0n) is 13.7. The number of likely N-dealkylation sites (tertiary alicyclic amines) is 1. The molecule has 4 heteroatoms. The van der Waals surface area contributed by atoms with Crippen molar-refractivity contribution in [3.8, 4) is 0 Å². The smallest absolute Gasteiger partial charge is 0.225 e. The van der Waals surface area contributed by atoms with Gasteiger partial charge in [-0.05, 0) is 38.5 Å². The Morgan fingerprint density at radius 1 is 1.10 bits per heavy atom. The van der Waals surface area contributed by atoms with E-state index in [1.54, 1.807) is 0 Å². The highest BCUT2D eigenvalue weighted by atomic mass is 35.5. The summed E-state index contributed by atoms with van der Waals surface area (Å²) in [5.41, 5.74) is 6.09. The van der Waals surface area contributed by atoms with Gasteiger partial charge in [0.05, 0.1) is 0 Å². The molecule has 2 aliphatic rings. The Morgan fingerprint density at radius 2 is 1.71 bits per heavy atom. The van der Waals surface area contributed by atoms with E-state index in [-0.39, 0.29) is 30.4 Å². The van der Waals surface area contributed by atoms with Gasteiger partial charge < -0.3 is 10.6 Å². The van der Waals surface area contributed by atoms with Gasteiger partial charge in [0.15, 0.2) is 0 Å². The minimum Gasteiger partial charge on any atom is -0.338 e. The van der Waals surface area contributed by atoms with Crippen LogP contribution in [0.4, 0.5) is 0 Å². The van der Waals surface area contributed by atoms with E-state index in [1.165, 1.54) is 38.5 Å². The summed E-state index contributed by atoms with van der Waals surface area (Å²) in [6, 6.07) is 0.367. The van der Waals surface area contributed by atoms with Crippen LogP contribution in [-0.4, -0.2) is 29.4 Å². The van der Waals surface area contributed by atoms with E-state index >= 15 is 0 Å². The molecule has 0 aromatic carbocycles. The molecule has 1 saturated heterocycles. The van der Waals surface area contributed by atoms with Crippen molar-refractivity contribution in [1.29, 1.82) is 0 Å². The largest absolute Gasteiger partial charge is 0.338 e. The molecular weight excluding hydrogens is 284 g/mol. The van der Waals surface area contributed by atoms with Crippen molar-refractivity contribution >= 4 is 18.3 Å². The van der Waals surface area contributed by atoms with Crippen LogP contribution >= 0.6 is 12.4 Å². The first kappa shape index (κ1) is 18.8. The predicted molar refractivity (Wildman–Crippen MR) is 90.6 cm³/mol. The summed E-state index contributed by atoms with van der Waals surface area (Å²) in [6.07, 6.45) is 11.3. The third kappa shape index (κ3) is 5.14. The third-order valence-corrected chi connectivity index (χ3v) is 5.27. The maximum atomic E-state index is 12.8. The summed E-state index contributed by atoms with van der Waals surface area (Å²) in [6.45, 7) is 5.09. The van der Waals surface area contributed by atoms with Gasteiger partial charge in [0, 0.05) is 24.5 Å². The summed E-state index contributed by atoms with van der Waals surface area (Å²) >= 11 is 0. The molecule has 0 aromatic heterocycles. The molecule has 1 aliphatic carbocycles. The summed E-state index contributed by atoms with van der Waals surface area (Å²) in [7, 11) is 0. The Kier molecular flexibility index (Phi) is 8.04. The number of carbonyl (C=O) groups is 1. The van der Waals surface area contributed by atoms with Gasteiger partial charge in [0.1, 0.15) is 0 Å². The highest BCUT2D eigenvalue weighted by Crippen LogP contribution is 2.30. The van der Waals surface area contributed by atoms with E-state index in [4.69, 9.17) is 5.73 Å². The fourth-order valence-electron chi connectivity index (χ4n) is 4.08. The first-order chi connectivity index (χ1) is 9.59. The van der Waals surface area contributed by atoms with Gasteiger partial charge >= 0.3 is 0 Å². The molecule has 0 radical (unpaired) electrons. The average molecular weight is 317 g/mol. The van der Waals surface area contributed by atoms with Crippen molar-refractivity contribution in [3.05, 3.63) is 0 Å². The van der Waals surface area contributed by atoms with Gasteiger partial charge in [0.2, 0.25) is 5.91 Å². The zero-order valence-corrected chi connectivity index (χ0v) is 14.5. The van der Waals surface area contributed by atoms with Crippen LogP contribution < -0.4 is 5.73 Å². The Hall–Kier alpha value is -0.280. The number of rotatable bonds is 4. The van der Waals surface area contributed by atoms with E-state index in [0.717, 1.165) is 31.7 Å². The van der Waals surface area contributed by atoms with Crippen molar-refractivity contribution in [1.82, 2.24) is 4.90 Å². The Labute approximate surface area is 136 Å². The van der Waals surface area contributed by atoms with Crippen LogP contribution in [0.2, 0.25) is 0 Å². The number of nitrogens with zero attached hydrogens (tertiary/aromatic N) is 1. The number of carbonyl (C=O) groups excluding carboxylic acids is 1. The predicted octanol–water partition coefficient (Wildman–Crippen LogP) is 3.74. The minimum absolute atomic E-state index is 0. The van der Waals surface area contributed by atoms with Crippen molar-refractivity contribution in [3.63, 3.8) is 0 Å². The second-order valence-corrected chi connectivity index (χ2v) is 7.09. The molecule has 1 aliphatic heterocycles. The highest BCUT2D eigenvalue weighted by molar-refractivity contribution is 5.85. The lowest BCUT2D eigenvalue weighted by molar-refractivity contribution is -0.139. The van der Waals surface area contributed by atoms with Crippen LogP contribution in [0.15, 0.2) is 0 Å². The number of hydrogen-bond donors (Lipinski definition) is 1. The molecule has 1 amide bonds. The molecule has 0 spiro atoms. The Morgan fingerprint density at radius 3 is 2.33 bits per heavy atom. The second-order valence-electron chi connectivity index (χ2n) is 7.09. The lowest BCUT2D eigenvalue weighted by Crippen LogP contribution is -2.53. The summed E-state index contributed by atoms with van der Waals surface area (Å²) in [5, 5.41) is 0. The van der Waals surface area contributed by atoms with Crippen LogP contribution in [0, 0.1) is 11.8 Å². The van der Waals surface area contributed by atoms with Crippen molar-refractivity contribution in [2.24, 2.45) is 17.6 Å². The first-order valence-electron chi connectivity index (χ1n) is 8.65. The fraction of sp³-hybridized carbons (Fsp3) is 0.941. The molecule has 124 valence electrons. The molecule has 3 nitrogen and oxygen atoms in total. The van der Waals surface area contributed by atoms with E-state index in [2.05, 4.69) is 11.8 Å². The molecule has 21 heavy (non-hydrogen) atoms. The molecule has 1 heterocycles. The van der Waals surface area contributed by atoms with E-state index in [0.29, 0.717) is 5.91 Å². The standard InChI is InChI=1S/C17H32N2O.ClH/c1-13(12-15-8-4-3-5-9-15)17(20)19-11-7-6-10-16(19)14(2)18;/h13-16H,3-12,18H2,1-2H3;1H. The Balaban J connectivity index is 0.00000220. The molecule has 1 saturated carbocycles. The second kappa shape index (κ2) is 8.99. The van der Waals surface area contributed by atoms with Gasteiger partial charge in [-0.15, -0.1) is 12.4 Å². The molecule has 2 rings (SSSR count). The minimum atomic E-state index is 0. The molecule has 3 unspecified atom stereocenters. The van der Waals surface area contributed by atoms with Crippen LogP contribution in [-0.2, 0) is 4.79 Å². The summed E-state index contributed by atoms with van der Waals surface area (Å²) in [4.78, 5) is 14.9. The normalized spacial score (nSPS) is 26.8. The average Bonchev–Trinajstić information content (AvgIpc) is 2.47. The zero-order chi connectivity index (χ0) is 14.5. The van der Waals surface area contributed by atoms with E-state index < -0.39 is 0 Å². The number of piperidine rings is 1. The summed E-state index contributed by atoms with van der Waals surface area (Å²) in [5.74, 6) is 1.32. The lowest BCUT2D eigenvalue weighted by atomic mass is 9.82. The fourth-order valence-corrected chi connectivity index (χ4v) is 4.08. The van der Waals surface area contributed by atoms with E-state index in [9.17, 15) is 4.79 Å². The van der Waals surface area contributed by atoms with E-state index in [1.807, 2.05) is 6.92 Å². The van der Waals surface area contributed by atoms with Crippen LogP contribution in [0.5, 0.6) is 0 Å². The van der Waals surface area contributed by atoms with Crippen LogP contribution in [0.25, 0.3) is 0 Å². The number of hydrogen-bond acceptors (Lipinski definition) is 2. The van der Waals surface area contributed by atoms with Gasteiger partial charge in [0.25, 0.3) is 0 Å². The van der Waals surface area contributed by atoms with Gasteiger partial charge in [-0.1, -0.05) is 39.0 Å². The van der Waals surface area contributed by atoms with Crippen LogP contribution in [0.1, 0.15) is 71.6 Å². The first-order valence-corrected chi connectivity index (χ1v) is 8.65. The number of amides is 1. The maximum absolute atomic E-state index is 12.8. The molecule has 2 fully saturated rings. The Bertz CT molecular complexity index is 316. The van der Waals surface area contributed by atoms with Crippen molar-refractivity contribution in [2.45, 2.75) is 83.7 Å². The summed E-state index contributed by atoms with van der Waals surface area (Å²) < 4.78 is 0. The van der Waals surface area contributed by atoms with Crippen LogP contribution in [0.3, 0.4) is 0 Å². The highest BCUT2D eigenvalue weighted by Gasteiger charge is 2.32. The van der Waals surface area contributed by atoms with Crippen molar-refractivity contribution < 1.29 is 4.79 Å². The topological polar surface area (TPSA) is 46.3 Å². The SMILES string of the molecule is CC(CC1CCCCC1)C(=O)N1CCCCC1C(C)N.Cl. The number of nitrogens with two attached hydrogens (primary N) is 1. The maximum Gasteiger partial charge on any atom is 0.225 e. The van der Waals surface area contributed by atoms with Gasteiger partial charge in [-0.25, -0.2) is 0 Å². The molecule has 0 aromatic rings. The van der Waals surface area contributed by atoms with Crippen molar-refractivity contribution in [2.75, 3.05) is 6.54 Å². The number of halogens is 1. The molecule has 3 atom stereocenters. The van der Waals surface area contributed by atoms with Gasteiger partial charge in [-0.3, -0.25) is 4.79 Å². The van der Waals surface area contributed by atoms with Gasteiger partial charge in [-0.2, -0.15) is 0 Å². The lowest BCUT2D eigenvalue weighted by Gasteiger charge is -2.40.